The van der Waals surface area contributed by atoms with E-state index in [4.69, 9.17) is 32.4 Å². The van der Waals surface area contributed by atoms with E-state index in [9.17, 15) is 9.59 Å². The van der Waals surface area contributed by atoms with E-state index in [0.29, 0.717) is 66.0 Å². The van der Waals surface area contributed by atoms with Crippen molar-refractivity contribution in [2.75, 3.05) is 13.2 Å². The molecular weight excluding hydrogens is 706 g/mol. The molecule has 1 heterocycles. The first-order chi connectivity index (χ1) is 23.5. The van der Waals surface area contributed by atoms with Gasteiger partial charge in [-0.15, -0.1) is 0 Å². The number of fused-ring (bicyclic) bond motifs is 1. The van der Waals surface area contributed by atoms with Gasteiger partial charge in [0.2, 0.25) is 0 Å². The standard InChI is InChI=1S/C37H52Cl2F3N3O4Si/c1-8-48-34(47)36(7)17-15-23(16-18-36)45-32(37(40,41)42)25(21-43-45)33(46)44(24-19-26-27(20-24)35(26,5)6)22-30(49-50(9-2,10-3)11-4)31-28(38)13-12-14-29(31)39/h12-14,21,23-24,26-27,30H,8-11,15-20,22H2,1-7H3/t23-,24-,26-,27+,30?,36-. The second-order valence-corrected chi connectivity index (χ2v) is 21.0. The minimum Gasteiger partial charge on any atom is -0.466 e. The second kappa shape index (κ2) is 14.7. The first-order valence-corrected chi connectivity index (χ1v) is 21.5. The average Bonchev–Trinajstić information content (AvgIpc) is 3.48. The lowest BCUT2D eigenvalue weighted by atomic mass is 9.74. The first kappa shape index (κ1) is 39.1. The van der Waals surface area contributed by atoms with Crippen LogP contribution < -0.4 is 0 Å². The van der Waals surface area contributed by atoms with Gasteiger partial charge < -0.3 is 14.1 Å². The molecule has 1 unspecified atom stereocenters. The lowest BCUT2D eigenvalue weighted by Crippen LogP contribution is -2.46. The second-order valence-electron chi connectivity index (χ2n) is 15.5. The van der Waals surface area contributed by atoms with Crippen LogP contribution in [0.2, 0.25) is 28.2 Å². The summed E-state index contributed by atoms with van der Waals surface area (Å²) in [5.74, 6) is -0.270. The lowest BCUT2D eigenvalue weighted by Gasteiger charge is -2.39. The van der Waals surface area contributed by atoms with Crippen LogP contribution in [0.3, 0.4) is 0 Å². The molecule has 1 amide bonds. The number of nitrogens with zero attached hydrogens (tertiary/aromatic N) is 3. The predicted octanol–water partition coefficient (Wildman–Crippen LogP) is 10.5. The van der Waals surface area contributed by atoms with Gasteiger partial charge in [-0.3, -0.25) is 14.3 Å². The van der Waals surface area contributed by atoms with E-state index in [-0.39, 0.29) is 30.6 Å². The number of alkyl halides is 3. The van der Waals surface area contributed by atoms with Gasteiger partial charge in [0.25, 0.3) is 5.91 Å². The third kappa shape index (κ3) is 7.40. The van der Waals surface area contributed by atoms with Crippen molar-refractivity contribution in [3.8, 4) is 0 Å². The van der Waals surface area contributed by atoms with Gasteiger partial charge in [-0.2, -0.15) is 18.3 Å². The molecule has 278 valence electrons. The van der Waals surface area contributed by atoms with E-state index in [1.165, 1.54) is 0 Å². The molecule has 0 radical (unpaired) electrons. The molecule has 3 fully saturated rings. The largest absolute Gasteiger partial charge is 0.466 e. The number of ether oxygens (including phenoxy) is 1. The smallest absolute Gasteiger partial charge is 0.433 e. The van der Waals surface area contributed by atoms with E-state index >= 15 is 13.2 Å². The van der Waals surface area contributed by atoms with Crippen LogP contribution in [-0.4, -0.2) is 54.1 Å². The zero-order chi connectivity index (χ0) is 36.8. The van der Waals surface area contributed by atoms with Crippen molar-refractivity contribution in [2.24, 2.45) is 22.7 Å². The molecule has 3 aliphatic carbocycles. The van der Waals surface area contributed by atoms with Crippen LogP contribution in [0.1, 0.15) is 121 Å². The average molecular weight is 759 g/mol. The molecule has 5 rings (SSSR count). The van der Waals surface area contributed by atoms with Crippen molar-refractivity contribution in [3.05, 3.63) is 51.3 Å². The Hall–Kier alpha value is -2.08. The molecule has 0 aliphatic heterocycles. The number of amides is 1. The Labute approximate surface area is 305 Å². The minimum atomic E-state index is -4.84. The number of esters is 1. The summed E-state index contributed by atoms with van der Waals surface area (Å²) in [6.45, 7) is 14.5. The molecule has 50 heavy (non-hydrogen) atoms. The number of hydrogen-bond donors (Lipinski definition) is 0. The summed E-state index contributed by atoms with van der Waals surface area (Å²) in [4.78, 5) is 29.0. The van der Waals surface area contributed by atoms with Crippen LogP contribution in [-0.2, 0) is 20.1 Å². The molecule has 0 saturated heterocycles. The number of aromatic nitrogens is 2. The van der Waals surface area contributed by atoms with Gasteiger partial charge >= 0.3 is 12.1 Å². The van der Waals surface area contributed by atoms with Crippen molar-refractivity contribution >= 4 is 43.4 Å². The van der Waals surface area contributed by atoms with E-state index in [2.05, 4.69) is 39.7 Å². The van der Waals surface area contributed by atoms with Crippen molar-refractivity contribution in [2.45, 2.75) is 129 Å². The predicted molar refractivity (Wildman–Crippen MR) is 192 cm³/mol. The Morgan fingerprint density at radius 3 is 2.08 bits per heavy atom. The summed E-state index contributed by atoms with van der Waals surface area (Å²) < 4.78 is 58.5. The van der Waals surface area contributed by atoms with Crippen LogP contribution in [0.15, 0.2) is 24.4 Å². The van der Waals surface area contributed by atoms with Gasteiger partial charge in [0, 0.05) is 21.7 Å². The van der Waals surface area contributed by atoms with E-state index < -0.39 is 49.2 Å². The molecule has 1 aromatic carbocycles. The third-order valence-corrected chi connectivity index (χ3v) is 17.8. The van der Waals surface area contributed by atoms with Crippen LogP contribution in [0.4, 0.5) is 13.2 Å². The molecule has 2 aromatic rings. The Morgan fingerprint density at radius 1 is 1.02 bits per heavy atom. The van der Waals surface area contributed by atoms with E-state index in [1.807, 2.05) is 0 Å². The van der Waals surface area contributed by atoms with Crippen LogP contribution in [0.25, 0.3) is 0 Å². The minimum absolute atomic E-state index is 0.0192. The Morgan fingerprint density at radius 2 is 1.58 bits per heavy atom. The molecule has 3 aliphatic rings. The number of benzene rings is 1. The molecule has 3 saturated carbocycles. The van der Waals surface area contributed by atoms with Gasteiger partial charge in [-0.05, 0) is 99.9 Å². The molecule has 7 nitrogen and oxygen atoms in total. The number of rotatable bonds is 13. The molecule has 4 atom stereocenters. The maximum Gasteiger partial charge on any atom is 0.433 e. The number of halogens is 5. The van der Waals surface area contributed by atoms with Crippen molar-refractivity contribution in [1.29, 1.82) is 0 Å². The van der Waals surface area contributed by atoms with Crippen LogP contribution >= 0.6 is 23.2 Å². The fraction of sp³-hybridized carbons (Fsp3) is 0.703. The number of carbonyl (C=O) groups is 2. The molecule has 0 bridgehead atoms. The Kier molecular flexibility index (Phi) is 11.5. The van der Waals surface area contributed by atoms with Gasteiger partial charge in [0.05, 0.1) is 42.5 Å². The monoisotopic (exact) mass is 757 g/mol. The Balaban J connectivity index is 1.54. The summed E-state index contributed by atoms with van der Waals surface area (Å²) in [5, 5.41) is 5.03. The van der Waals surface area contributed by atoms with Gasteiger partial charge in [0.1, 0.15) is 0 Å². The Bertz CT molecular complexity index is 1510. The van der Waals surface area contributed by atoms with Crippen molar-refractivity contribution in [3.63, 3.8) is 0 Å². The van der Waals surface area contributed by atoms with Crippen molar-refractivity contribution < 1.29 is 31.9 Å². The highest BCUT2D eigenvalue weighted by atomic mass is 35.5. The van der Waals surface area contributed by atoms with E-state index in [0.717, 1.165) is 29.0 Å². The SMILES string of the molecule is CCOC(=O)[C@]1(C)CC[C@@H](n2ncc(C(=O)N(CC(O[Si](CC)(CC)CC)c3c(Cl)cccc3Cl)[C@@H]3C[C@@H]4[C@H](C3)C4(C)C)c2C(F)(F)F)CC1. The fourth-order valence-electron chi connectivity index (χ4n) is 8.84. The fourth-order valence-corrected chi connectivity index (χ4v) is 12.3. The summed E-state index contributed by atoms with van der Waals surface area (Å²) >= 11 is 13.6. The maximum absolute atomic E-state index is 15.1. The maximum atomic E-state index is 15.1. The molecular formula is C37H52Cl2F3N3O4Si. The highest BCUT2D eigenvalue weighted by Gasteiger charge is 2.63. The van der Waals surface area contributed by atoms with Crippen molar-refractivity contribution in [1.82, 2.24) is 14.7 Å². The third-order valence-electron chi connectivity index (χ3n) is 12.5. The topological polar surface area (TPSA) is 73.7 Å². The number of hydrogen-bond acceptors (Lipinski definition) is 5. The van der Waals surface area contributed by atoms with Crippen LogP contribution in [0.5, 0.6) is 0 Å². The summed E-state index contributed by atoms with van der Waals surface area (Å²) in [6.07, 6.45) is -1.75. The lowest BCUT2D eigenvalue weighted by molar-refractivity contribution is -0.157. The zero-order valence-electron chi connectivity index (χ0n) is 30.3. The summed E-state index contributed by atoms with van der Waals surface area (Å²) in [7, 11) is -2.33. The highest BCUT2D eigenvalue weighted by molar-refractivity contribution is 6.73. The van der Waals surface area contributed by atoms with Gasteiger partial charge in [-0.25, -0.2) is 0 Å². The zero-order valence-corrected chi connectivity index (χ0v) is 32.9. The quantitative estimate of drug-likeness (QED) is 0.150. The molecule has 1 aromatic heterocycles. The molecule has 0 spiro atoms. The normalized spacial score (nSPS) is 26.7. The number of carbonyl (C=O) groups excluding carboxylic acids is 2. The first-order valence-electron chi connectivity index (χ1n) is 18.2. The summed E-state index contributed by atoms with van der Waals surface area (Å²) in [6, 6.07) is 6.80. The highest BCUT2D eigenvalue weighted by Crippen LogP contribution is 2.67. The van der Waals surface area contributed by atoms with Crippen LogP contribution in [0, 0.1) is 22.7 Å². The van der Waals surface area contributed by atoms with Gasteiger partial charge in [-0.1, -0.05) is 63.9 Å². The molecule has 13 heteroatoms. The molecule has 0 N–H and O–H groups in total. The van der Waals surface area contributed by atoms with E-state index in [1.54, 1.807) is 36.9 Å². The summed E-state index contributed by atoms with van der Waals surface area (Å²) in [5.41, 5.74) is -1.59. The van der Waals surface area contributed by atoms with Gasteiger partial charge in [0.15, 0.2) is 14.0 Å².